The maximum atomic E-state index is 13.0. The zero-order valence-corrected chi connectivity index (χ0v) is 16.2. The molecule has 0 unspecified atom stereocenters. The first-order chi connectivity index (χ1) is 14.7. The maximum Gasteiger partial charge on any atom is 0.416 e. The Balaban J connectivity index is 1.29. The lowest BCUT2D eigenvalue weighted by atomic mass is 9.79. The van der Waals surface area contributed by atoms with Gasteiger partial charge in [-0.25, -0.2) is 28.4 Å². The highest BCUT2D eigenvalue weighted by molar-refractivity contribution is 5.71. The van der Waals surface area contributed by atoms with E-state index in [-0.39, 0.29) is 5.41 Å². The Kier molecular flexibility index (Phi) is 4.48. The zero-order chi connectivity index (χ0) is 21.8. The summed E-state index contributed by atoms with van der Waals surface area (Å²) < 4.78 is 65.5. The predicted molar refractivity (Wildman–Crippen MR) is 102 cm³/mol. The van der Waals surface area contributed by atoms with Crippen LogP contribution in [0.5, 0.6) is 0 Å². The topological polar surface area (TPSA) is 63.0 Å². The van der Waals surface area contributed by atoms with Crippen molar-refractivity contribution >= 4 is 22.8 Å². The van der Waals surface area contributed by atoms with Crippen LogP contribution in [0.2, 0.25) is 0 Å². The number of anilines is 2. The van der Waals surface area contributed by atoms with Gasteiger partial charge in [0.25, 0.3) is 6.43 Å². The Morgan fingerprint density at radius 2 is 1.81 bits per heavy atom. The van der Waals surface area contributed by atoms with Crippen LogP contribution in [0.1, 0.15) is 12.0 Å². The number of pyridine rings is 1. The molecule has 3 aromatic rings. The third kappa shape index (κ3) is 3.63. The van der Waals surface area contributed by atoms with Gasteiger partial charge in [0.05, 0.1) is 18.0 Å². The summed E-state index contributed by atoms with van der Waals surface area (Å²) in [5.41, 5.74) is -0.0307. The van der Waals surface area contributed by atoms with Crippen LogP contribution in [-0.2, 0) is 12.7 Å². The first-order valence-corrected chi connectivity index (χ1v) is 9.72. The van der Waals surface area contributed by atoms with Crippen molar-refractivity contribution in [2.45, 2.75) is 25.6 Å². The van der Waals surface area contributed by atoms with E-state index in [1.165, 1.54) is 12.4 Å². The molecule has 2 aliphatic heterocycles. The molecule has 31 heavy (non-hydrogen) atoms. The van der Waals surface area contributed by atoms with Crippen molar-refractivity contribution in [2.75, 3.05) is 36.0 Å². The van der Waals surface area contributed by atoms with E-state index in [1.807, 2.05) is 9.80 Å². The summed E-state index contributed by atoms with van der Waals surface area (Å²) in [6.45, 7) is 2.00. The van der Waals surface area contributed by atoms with Gasteiger partial charge < -0.3 is 9.80 Å². The molecule has 1 spiro atoms. The highest BCUT2D eigenvalue weighted by Crippen LogP contribution is 2.43. The number of nitrogens with zero attached hydrogens (tertiary/aromatic N) is 7. The van der Waals surface area contributed by atoms with Crippen molar-refractivity contribution in [3.63, 3.8) is 0 Å². The van der Waals surface area contributed by atoms with E-state index >= 15 is 0 Å². The number of rotatable bonds is 4. The number of halogens is 5. The molecule has 5 rings (SSSR count). The van der Waals surface area contributed by atoms with Crippen molar-refractivity contribution in [2.24, 2.45) is 5.41 Å². The largest absolute Gasteiger partial charge is 0.416 e. The smallest absolute Gasteiger partial charge is 0.355 e. The van der Waals surface area contributed by atoms with Crippen LogP contribution < -0.4 is 9.80 Å². The van der Waals surface area contributed by atoms with Crippen LogP contribution in [0.4, 0.5) is 33.6 Å². The maximum absolute atomic E-state index is 13.0. The van der Waals surface area contributed by atoms with E-state index in [9.17, 15) is 22.0 Å². The number of hydrogen-bond donors (Lipinski definition) is 0. The van der Waals surface area contributed by atoms with Crippen molar-refractivity contribution in [1.29, 1.82) is 0 Å². The van der Waals surface area contributed by atoms with Gasteiger partial charge in [0.15, 0.2) is 5.65 Å². The van der Waals surface area contributed by atoms with Gasteiger partial charge in [-0.1, -0.05) is 0 Å². The van der Waals surface area contributed by atoms with Gasteiger partial charge in [-0.05, 0) is 18.6 Å². The van der Waals surface area contributed by atoms with Gasteiger partial charge in [0.2, 0.25) is 0 Å². The minimum atomic E-state index is -4.40. The van der Waals surface area contributed by atoms with Gasteiger partial charge in [-0.15, -0.1) is 0 Å². The molecule has 12 heteroatoms. The Morgan fingerprint density at radius 3 is 2.55 bits per heavy atom. The highest BCUT2D eigenvalue weighted by Gasteiger charge is 2.48. The summed E-state index contributed by atoms with van der Waals surface area (Å²) >= 11 is 0. The molecule has 0 bridgehead atoms. The molecule has 2 saturated heterocycles. The molecule has 3 aromatic heterocycles. The predicted octanol–water partition coefficient (Wildman–Crippen LogP) is 3.22. The molecular weight excluding hydrogens is 421 g/mol. The zero-order valence-electron chi connectivity index (χ0n) is 16.2. The van der Waals surface area contributed by atoms with Crippen molar-refractivity contribution in [3.05, 3.63) is 36.3 Å². The fraction of sp³-hybridized carbons (Fsp3) is 0.474. The number of fused-ring (bicyclic) bond motifs is 1. The average Bonchev–Trinajstić information content (AvgIpc) is 3.31. The lowest BCUT2D eigenvalue weighted by Gasteiger charge is -2.48. The monoisotopic (exact) mass is 439 g/mol. The van der Waals surface area contributed by atoms with Crippen LogP contribution in [-0.4, -0.2) is 57.3 Å². The Hall–Kier alpha value is -3.05. The number of alkyl halides is 5. The van der Waals surface area contributed by atoms with Crippen molar-refractivity contribution < 1.29 is 22.0 Å². The molecule has 0 saturated carbocycles. The molecule has 0 atom stereocenters. The van der Waals surface area contributed by atoms with E-state index in [1.54, 1.807) is 6.20 Å². The number of aromatic nitrogens is 5. The first kappa shape index (κ1) is 19.9. The average molecular weight is 439 g/mol. The normalized spacial score (nSPS) is 18.4. The molecular formula is C19H18F5N7. The summed E-state index contributed by atoms with van der Waals surface area (Å²) in [7, 11) is 0. The first-order valence-electron chi connectivity index (χ1n) is 9.72. The second kappa shape index (κ2) is 6.99. The summed E-state index contributed by atoms with van der Waals surface area (Å²) in [5.74, 6) is 0.895. The summed E-state index contributed by atoms with van der Waals surface area (Å²) in [6.07, 6.45) is -1.92. The summed E-state index contributed by atoms with van der Waals surface area (Å²) in [4.78, 5) is 16.7. The molecule has 0 aliphatic carbocycles. The molecule has 5 heterocycles. The molecule has 164 valence electrons. The Morgan fingerprint density at radius 1 is 1.03 bits per heavy atom. The second-order valence-corrected chi connectivity index (χ2v) is 8.08. The Labute approximate surface area is 173 Å². The van der Waals surface area contributed by atoms with E-state index in [2.05, 4.69) is 20.1 Å². The SMILES string of the molecule is FC(F)Cn1ncc2ncc(N3CCC4(CN(c5cc(C(F)(F)F)ccn5)C4)C3)nc21. The van der Waals surface area contributed by atoms with Crippen LogP contribution in [0.3, 0.4) is 0 Å². The third-order valence-electron chi connectivity index (χ3n) is 5.86. The highest BCUT2D eigenvalue weighted by atomic mass is 19.4. The van der Waals surface area contributed by atoms with Crippen LogP contribution in [0.15, 0.2) is 30.7 Å². The van der Waals surface area contributed by atoms with E-state index in [4.69, 9.17) is 0 Å². The van der Waals surface area contributed by atoms with E-state index in [0.29, 0.717) is 49.0 Å². The molecule has 0 aromatic carbocycles. The van der Waals surface area contributed by atoms with Gasteiger partial charge >= 0.3 is 6.18 Å². The second-order valence-electron chi connectivity index (χ2n) is 8.08. The summed E-state index contributed by atoms with van der Waals surface area (Å²) in [6, 6.07) is 2.03. The quantitative estimate of drug-likeness (QED) is 0.582. The number of hydrogen-bond acceptors (Lipinski definition) is 6. The lowest BCUT2D eigenvalue weighted by Crippen LogP contribution is -2.58. The Bertz CT molecular complexity index is 1110. The van der Waals surface area contributed by atoms with Gasteiger partial charge in [-0.2, -0.15) is 18.3 Å². The molecule has 2 aliphatic rings. The molecule has 7 nitrogen and oxygen atoms in total. The third-order valence-corrected chi connectivity index (χ3v) is 5.86. The molecule has 0 N–H and O–H groups in total. The van der Waals surface area contributed by atoms with Crippen molar-refractivity contribution in [1.82, 2.24) is 24.7 Å². The summed E-state index contributed by atoms with van der Waals surface area (Å²) in [5, 5.41) is 3.93. The van der Waals surface area contributed by atoms with Crippen LogP contribution >= 0.6 is 0 Å². The molecule has 0 amide bonds. The van der Waals surface area contributed by atoms with Gasteiger partial charge in [0.1, 0.15) is 23.7 Å². The minimum Gasteiger partial charge on any atom is -0.355 e. The van der Waals surface area contributed by atoms with Gasteiger partial charge in [-0.3, -0.25) is 0 Å². The fourth-order valence-corrected chi connectivity index (χ4v) is 4.34. The van der Waals surface area contributed by atoms with Crippen LogP contribution in [0.25, 0.3) is 11.2 Å². The van der Waals surface area contributed by atoms with E-state index < -0.39 is 24.7 Å². The van der Waals surface area contributed by atoms with E-state index in [0.717, 1.165) is 23.2 Å². The molecule has 2 fully saturated rings. The van der Waals surface area contributed by atoms with Gasteiger partial charge in [0, 0.05) is 37.8 Å². The lowest BCUT2D eigenvalue weighted by molar-refractivity contribution is -0.137. The van der Waals surface area contributed by atoms with Crippen LogP contribution in [0, 0.1) is 5.41 Å². The standard InChI is InChI=1S/C19H18F5N7/c20-14(21)8-31-17-13(6-27-31)26-7-16(28-17)29-4-2-18(9-29)10-30(11-18)15-5-12(1-3-25-15)19(22,23)24/h1,3,5-7,14H,2,4,8-11H2. The minimum absolute atomic E-state index is 0.0736. The van der Waals surface area contributed by atoms with Crippen molar-refractivity contribution in [3.8, 4) is 0 Å². The molecule has 0 radical (unpaired) electrons. The fourth-order valence-electron chi connectivity index (χ4n) is 4.34.